The van der Waals surface area contributed by atoms with Gasteiger partial charge in [-0.05, 0) is 70.8 Å². The molecule has 0 unspecified atom stereocenters. The predicted octanol–water partition coefficient (Wildman–Crippen LogP) is 1.96. The maximum absolute atomic E-state index is 13.2. The summed E-state index contributed by atoms with van der Waals surface area (Å²) >= 11 is 0. The third kappa shape index (κ3) is 14.1. The number of methoxy groups -OCH3 is 1. The van der Waals surface area contributed by atoms with Gasteiger partial charge in [0.25, 0.3) is 11.5 Å². The number of ether oxygens (including phenoxy) is 5. The smallest absolute Gasteiger partial charge is 0.330 e. The lowest BCUT2D eigenvalue weighted by Gasteiger charge is -2.35. The Morgan fingerprint density at radius 3 is 2.40 bits per heavy atom. The van der Waals surface area contributed by atoms with Crippen LogP contribution in [-0.4, -0.2) is 106 Å². The highest BCUT2D eigenvalue weighted by Gasteiger charge is 2.54. The van der Waals surface area contributed by atoms with Gasteiger partial charge in [0.1, 0.15) is 30.5 Å². The number of aromatic nitrogens is 2. The number of allylic oxidation sites excluding steroid dienone is 6. The van der Waals surface area contributed by atoms with Crippen LogP contribution in [0.3, 0.4) is 0 Å². The van der Waals surface area contributed by atoms with Crippen molar-refractivity contribution in [3.05, 3.63) is 81.4 Å². The van der Waals surface area contributed by atoms with Crippen LogP contribution in [0.5, 0.6) is 0 Å². The summed E-state index contributed by atoms with van der Waals surface area (Å²) in [5.41, 5.74) is 4.15. The molecule has 4 heterocycles. The third-order valence-corrected chi connectivity index (χ3v) is 10.3. The fraction of sp³-hybridized carbons (Fsp3) is 0.619. The third-order valence-electron chi connectivity index (χ3n) is 10.3. The number of aromatic amines is 1. The molecule has 10 atom stereocenters. The summed E-state index contributed by atoms with van der Waals surface area (Å²) < 4.78 is 30.0. The highest BCUT2D eigenvalue weighted by molar-refractivity contribution is 5.95. The Balaban J connectivity index is 1.39. The van der Waals surface area contributed by atoms with Crippen molar-refractivity contribution in [2.24, 2.45) is 5.73 Å². The molecular weight excluding hydrogens is 782 g/mol. The van der Waals surface area contributed by atoms with E-state index >= 15 is 0 Å². The molecule has 2 fully saturated rings. The predicted molar refractivity (Wildman–Crippen MR) is 218 cm³/mol. The van der Waals surface area contributed by atoms with Crippen LogP contribution < -0.4 is 27.6 Å². The number of carbonyl (C=O) groups is 4. The first-order valence-electron chi connectivity index (χ1n) is 20.8. The standard InChI is InChI=1S/C42H61N5O13/c1-4-5-6-7-8-9-10-11-12-13-14-15-16-17-18-22-31(50)58-36-33(56-3)34(59-40(36)47-24-23-30(49)46-42(47)55)35(37(43)52)60-41-32(51)28(48)25-29(57-41)39(54)45-27-21-19-20-26(2)44-38(27)53/h5-6,8-9,11-12,23-28,32-36,40-41,48,51H,4,7,10,13-22H2,1-3H3,(H2,43,52)(H,44,53)(H,45,54)(H,46,49,55)/b6-5-,9-8-,12-11-/t26-,27+,28+,32+,33-,34+,35-,36-,40-,41-/m1/s1. The Morgan fingerprint density at radius 1 is 1.00 bits per heavy atom. The second-order valence-electron chi connectivity index (χ2n) is 15.1. The number of esters is 1. The van der Waals surface area contributed by atoms with Crippen molar-refractivity contribution < 1.29 is 53.1 Å². The maximum atomic E-state index is 13.2. The van der Waals surface area contributed by atoms with Crippen LogP contribution in [0.1, 0.15) is 104 Å². The van der Waals surface area contributed by atoms with E-state index in [-0.39, 0.29) is 12.5 Å². The van der Waals surface area contributed by atoms with Crippen molar-refractivity contribution in [2.45, 2.75) is 159 Å². The number of aliphatic hydroxyl groups is 2. The molecule has 3 aliphatic heterocycles. The highest BCUT2D eigenvalue weighted by Crippen LogP contribution is 2.36. The number of amides is 3. The molecule has 3 amide bonds. The number of carbonyl (C=O) groups excluding carboxylic acids is 4. The van der Waals surface area contributed by atoms with Gasteiger partial charge >= 0.3 is 11.7 Å². The summed E-state index contributed by atoms with van der Waals surface area (Å²) in [5, 5.41) is 26.9. The Bertz CT molecular complexity index is 1820. The summed E-state index contributed by atoms with van der Waals surface area (Å²) in [6.45, 7) is 3.95. The van der Waals surface area contributed by atoms with E-state index in [9.17, 15) is 39.0 Å². The van der Waals surface area contributed by atoms with Gasteiger partial charge in [-0.15, -0.1) is 0 Å². The van der Waals surface area contributed by atoms with Crippen LogP contribution in [0.4, 0.5) is 0 Å². The van der Waals surface area contributed by atoms with Crippen LogP contribution in [0.2, 0.25) is 0 Å². The monoisotopic (exact) mass is 843 g/mol. The zero-order valence-electron chi connectivity index (χ0n) is 34.6. The minimum absolute atomic E-state index is 0.0268. The van der Waals surface area contributed by atoms with Crippen molar-refractivity contribution in [1.29, 1.82) is 0 Å². The number of hydrogen-bond acceptors (Lipinski definition) is 13. The summed E-state index contributed by atoms with van der Waals surface area (Å²) in [7, 11) is 1.24. The first-order chi connectivity index (χ1) is 28.8. The van der Waals surface area contributed by atoms with Gasteiger partial charge in [0, 0.05) is 31.8 Å². The normalized spacial score (nSPS) is 27.6. The molecule has 332 valence electrons. The van der Waals surface area contributed by atoms with Gasteiger partial charge in [-0.3, -0.25) is 33.5 Å². The van der Waals surface area contributed by atoms with E-state index in [1.807, 2.05) is 6.92 Å². The average molecular weight is 844 g/mol. The van der Waals surface area contributed by atoms with Crippen molar-refractivity contribution in [1.82, 2.24) is 20.2 Å². The summed E-state index contributed by atoms with van der Waals surface area (Å²) in [4.78, 5) is 79.1. The van der Waals surface area contributed by atoms with Crippen molar-refractivity contribution >= 4 is 23.7 Å². The first-order valence-corrected chi connectivity index (χ1v) is 20.8. The van der Waals surface area contributed by atoms with Crippen LogP contribution in [0, 0.1) is 0 Å². The van der Waals surface area contributed by atoms with E-state index in [0.29, 0.717) is 25.7 Å². The topological polar surface area (TPSA) is 260 Å². The van der Waals surface area contributed by atoms with Crippen molar-refractivity contribution in [2.75, 3.05) is 7.11 Å². The maximum Gasteiger partial charge on any atom is 0.330 e. The SMILES string of the molecule is CC/C=C\C/C=C\C/C=C\CCCCCCCC(=O)O[C@@H]1[C@H](OC)[C@@H]([C@@H](O[C@H]2OC(C(=O)N[C@H]3CCC[C@@H](C)NC3=O)=C[C@H](O)[C@@H]2O)C(N)=O)O[C@H]1n1ccc(=O)[nH]c1=O. The van der Waals surface area contributed by atoms with Gasteiger partial charge < -0.3 is 50.3 Å². The molecule has 60 heavy (non-hydrogen) atoms. The zero-order valence-corrected chi connectivity index (χ0v) is 34.6. The second-order valence-corrected chi connectivity index (χ2v) is 15.1. The number of H-pyrrole nitrogens is 1. The van der Waals surface area contributed by atoms with Crippen LogP contribution in [-0.2, 0) is 42.9 Å². The number of rotatable bonds is 22. The highest BCUT2D eigenvalue weighted by atomic mass is 16.7. The Morgan fingerprint density at radius 2 is 1.70 bits per heavy atom. The van der Waals surface area contributed by atoms with Gasteiger partial charge in [-0.2, -0.15) is 0 Å². The summed E-state index contributed by atoms with van der Waals surface area (Å²) in [6.07, 6.45) is 11.7. The molecule has 0 bridgehead atoms. The molecule has 1 aromatic rings. The lowest BCUT2D eigenvalue weighted by molar-refractivity contribution is -0.241. The number of hydrogen-bond donors (Lipinski definition) is 6. The number of nitrogens with one attached hydrogen (secondary N) is 3. The molecular formula is C42H61N5O13. The van der Waals surface area contributed by atoms with Crippen LogP contribution >= 0.6 is 0 Å². The summed E-state index contributed by atoms with van der Waals surface area (Å²) in [6, 6.07) is 0.0654. The van der Waals surface area contributed by atoms with E-state index in [4.69, 9.17) is 29.4 Å². The number of nitrogens with two attached hydrogens (primary N) is 1. The van der Waals surface area contributed by atoms with E-state index < -0.39 is 95.9 Å². The molecule has 4 rings (SSSR count). The fourth-order valence-electron chi connectivity index (χ4n) is 7.13. The molecule has 0 radical (unpaired) electrons. The van der Waals surface area contributed by atoms with Crippen molar-refractivity contribution in [3.8, 4) is 0 Å². The molecule has 7 N–H and O–H groups in total. The molecule has 3 aliphatic rings. The second kappa shape index (κ2) is 24.4. The van der Waals surface area contributed by atoms with E-state index in [2.05, 4.69) is 59.0 Å². The van der Waals surface area contributed by atoms with E-state index in [0.717, 1.165) is 74.3 Å². The molecule has 0 aliphatic carbocycles. The van der Waals surface area contributed by atoms with Crippen molar-refractivity contribution in [3.63, 3.8) is 0 Å². The van der Waals surface area contributed by atoms with E-state index in [1.165, 1.54) is 7.11 Å². The molecule has 0 saturated carbocycles. The molecule has 18 nitrogen and oxygen atoms in total. The Hall–Kier alpha value is -4.88. The minimum Gasteiger partial charge on any atom is -0.456 e. The van der Waals surface area contributed by atoms with Gasteiger partial charge in [-0.25, -0.2) is 4.79 Å². The Labute approximate surface area is 349 Å². The molecule has 0 aromatic carbocycles. The quantitative estimate of drug-likeness (QED) is 0.0555. The van der Waals surface area contributed by atoms with Crippen LogP contribution in [0.15, 0.2) is 70.1 Å². The lowest BCUT2D eigenvalue weighted by Crippen LogP contribution is -2.54. The summed E-state index contributed by atoms with van der Waals surface area (Å²) in [5.74, 6) is -3.60. The fourth-order valence-corrected chi connectivity index (χ4v) is 7.13. The largest absolute Gasteiger partial charge is 0.456 e. The molecule has 1 aromatic heterocycles. The van der Waals surface area contributed by atoms with Gasteiger partial charge in [-0.1, -0.05) is 62.6 Å². The zero-order chi connectivity index (χ0) is 43.6. The van der Waals surface area contributed by atoms with E-state index in [1.54, 1.807) is 0 Å². The minimum atomic E-state index is -1.89. The number of nitrogens with zero attached hydrogens (tertiary/aromatic N) is 1. The number of aliphatic hydroxyl groups excluding tert-OH is 2. The van der Waals surface area contributed by atoms with Gasteiger partial charge in [0.2, 0.25) is 18.1 Å². The molecule has 18 heteroatoms. The van der Waals surface area contributed by atoms with Gasteiger partial charge in [0.05, 0.1) is 0 Å². The number of unbranched alkanes of at least 4 members (excludes halogenated alkanes) is 5. The lowest BCUT2D eigenvalue weighted by atomic mass is 10.0. The average Bonchev–Trinajstić information content (AvgIpc) is 3.46. The van der Waals surface area contributed by atoms with Crippen LogP contribution in [0.25, 0.3) is 0 Å². The first kappa shape index (κ1) is 47.8. The van der Waals surface area contributed by atoms with Gasteiger partial charge in [0.15, 0.2) is 24.2 Å². The molecule has 2 saturated heterocycles. The molecule has 0 spiro atoms. The Kier molecular flexibility index (Phi) is 19.4. The number of primary amides is 1.